The Hall–Kier alpha value is -4.08. The van der Waals surface area contributed by atoms with Crippen molar-refractivity contribution >= 4 is 17.3 Å². The molecule has 0 aliphatic rings. The summed E-state index contributed by atoms with van der Waals surface area (Å²) in [6.45, 7) is 3.14. The highest BCUT2D eigenvalue weighted by molar-refractivity contribution is 5.89. The molecule has 0 spiro atoms. The maximum atomic E-state index is 12.2. The number of aryl methyl sites for hydroxylation is 1. The van der Waals surface area contributed by atoms with Gasteiger partial charge in [-0.2, -0.15) is 5.10 Å². The second-order valence-electron chi connectivity index (χ2n) is 6.23. The molecule has 0 saturated heterocycles. The summed E-state index contributed by atoms with van der Waals surface area (Å²) in [5.74, 6) is -0.561. The summed E-state index contributed by atoms with van der Waals surface area (Å²) in [7, 11) is 0. The maximum absolute atomic E-state index is 12.2. The summed E-state index contributed by atoms with van der Waals surface area (Å²) in [5.41, 5.74) is 2.10. The van der Waals surface area contributed by atoms with E-state index in [9.17, 15) is 25.0 Å². The van der Waals surface area contributed by atoms with E-state index >= 15 is 0 Å². The Morgan fingerprint density at radius 2 is 1.62 bits per heavy atom. The van der Waals surface area contributed by atoms with Gasteiger partial charge in [0.15, 0.2) is 0 Å². The van der Waals surface area contributed by atoms with Gasteiger partial charge in [-0.3, -0.25) is 20.2 Å². The van der Waals surface area contributed by atoms with Gasteiger partial charge >= 0.3 is 11.7 Å². The van der Waals surface area contributed by atoms with Crippen molar-refractivity contribution in [2.45, 2.75) is 20.5 Å². The lowest BCUT2D eigenvalue weighted by Gasteiger charge is -2.07. The Labute approximate surface area is 164 Å². The predicted octanol–water partition coefficient (Wildman–Crippen LogP) is 3.66. The summed E-state index contributed by atoms with van der Waals surface area (Å²) in [4.78, 5) is 33.0. The average Bonchev–Trinajstić information content (AvgIpc) is 3.00. The van der Waals surface area contributed by atoms with Gasteiger partial charge in [0.2, 0.25) is 0 Å². The number of nitrogens with zero attached hydrogens (tertiary/aromatic N) is 4. The third kappa shape index (κ3) is 4.10. The van der Waals surface area contributed by atoms with Crippen molar-refractivity contribution in [3.8, 4) is 5.69 Å². The second-order valence-corrected chi connectivity index (χ2v) is 6.23. The lowest BCUT2D eigenvalue weighted by Crippen LogP contribution is -2.06. The Morgan fingerprint density at radius 3 is 2.14 bits per heavy atom. The van der Waals surface area contributed by atoms with E-state index in [0.29, 0.717) is 28.2 Å². The number of aromatic nitrogens is 2. The van der Waals surface area contributed by atoms with Gasteiger partial charge in [0.25, 0.3) is 5.69 Å². The van der Waals surface area contributed by atoms with E-state index < -0.39 is 15.8 Å². The van der Waals surface area contributed by atoms with Gasteiger partial charge < -0.3 is 4.74 Å². The topological polar surface area (TPSA) is 130 Å². The van der Waals surface area contributed by atoms with Crippen LogP contribution >= 0.6 is 0 Å². The second kappa shape index (κ2) is 7.89. The third-order valence-electron chi connectivity index (χ3n) is 4.30. The fourth-order valence-electron chi connectivity index (χ4n) is 2.83. The molecule has 0 aliphatic heterocycles. The fraction of sp³-hybridized carbons (Fsp3) is 0.158. The van der Waals surface area contributed by atoms with Crippen molar-refractivity contribution in [3.63, 3.8) is 0 Å². The number of carbonyl (C=O) groups is 1. The third-order valence-corrected chi connectivity index (χ3v) is 4.30. The average molecular weight is 396 g/mol. The first-order chi connectivity index (χ1) is 13.8. The van der Waals surface area contributed by atoms with Crippen LogP contribution in [0.4, 0.5) is 11.4 Å². The molecule has 0 atom stereocenters. The summed E-state index contributed by atoms with van der Waals surface area (Å²) in [6.07, 6.45) is 0. The van der Waals surface area contributed by atoms with Crippen LogP contribution < -0.4 is 0 Å². The number of nitro benzene ring substituents is 1. The van der Waals surface area contributed by atoms with Crippen LogP contribution in [0.15, 0.2) is 48.5 Å². The van der Waals surface area contributed by atoms with E-state index in [2.05, 4.69) is 5.10 Å². The number of rotatable bonds is 6. The van der Waals surface area contributed by atoms with Gasteiger partial charge in [0.05, 0.1) is 21.1 Å². The largest absolute Gasteiger partial charge is 0.457 e. The molecule has 0 amide bonds. The number of carbonyl (C=O) groups excluding carboxylic acids is 1. The van der Waals surface area contributed by atoms with Crippen LogP contribution in [0.25, 0.3) is 5.69 Å². The molecule has 0 N–H and O–H groups in total. The quantitative estimate of drug-likeness (QED) is 0.353. The lowest BCUT2D eigenvalue weighted by molar-refractivity contribution is -0.386. The van der Waals surface area contributed by atoms with E-state index in [-0.39, 0.29) is 18.0 Å². The number of nitro groups is 2. The van der Waals surface area contributed by atoms with E-state index in [1.807, 2.05) is 0 Å². The van der Waals surface area contributed by atoms with Crippen LogP contribution in [0.3, 0.4) is 0 Å². The molecular weight excluding hydrogens is 380 g/mol. The molecule has 0 radical (unpaired) electrons. The molecule has 0 fully saturated rings. The highest BCUT2D eigenvalue weighted by atomic mass is 16.6. The standard InChI is InChI=1S/C19H16N4O6/c1-12-18(23(27)28)13(2)21(20-12)16-9-5-15(6-10-16)19(24)29-11-14-3-7-17(8-4-14)22(25)26/h3-10H,11H2,1-2H3. The van der Waals surface area contributed by atoms with Gasteiger partial charge in [-0.05, 0) is 55.8 Å². The molecule has 1 aromatic heterocycles. The Bertz CT molecular complexity index is 1090. The number of hydrogen-bond donors (Lipinski definition) is 0. The maximum Gasteiger partial charge on any atom is 0.338 e. The van der Waals surface area contributed by atoms with Gasteiger partial charge in [-0.1, -0.05) is 0 Å². The molecule has 1 heterocycles. The molecule has 3 aromatic rings. The normalized spacial score (nSPS) is 10.6. The van der Waals surface area contributed by atoms with E-state index in [1.54, 1.807) is 26.0 Å². The molecule has 0 aliphatic carbocycles. The van der Waals surface area contributed by atoms with Crippen molar-refractivity contribution < 1.29 is 19.4 Å². The molecule has 2 aromatic carbocycles. The van der Waals surface area contributed by atoms with Gasteiger partial charge in [0, 0.05) is 12.1 Å². The zero-order valence-corrected chi connectivity index (χ0v) is 15.6. The van der Waals surface area contributed by atoms with E-state index in [4.69, 9.17) is 4.74 Å². The highest BCUT2D eigenvalue weighted by Gasteiger charge is 2.22. The molecule has 10 heteroatoms. The first-order valence-corrected chi connectivity index (χ1v) is 8.49. The van der Waals surface area contributed by atoms with Crippen molar-refractivity contribution in [1.29, 1.82) is 0 Å². The van der Waals surface area contributed by atoms with Gasteiger partial charge in [-0.25, -0.2) is 9.48 Å². The van der Waals surface area contributed by atoms with Crippen molar-refractivity contribution in [2.75, 3.05) is 0 Å². The minimum absolute atomic E-state index is 0.0256. The van der Waals surface area contributed by atoms with E-state index in [0.717, 1.165) is 0 Å². The first kappa shape index (κ1) is 19.7. The van der Waals surface area contributed by atoms with Crippen LogP contribution in [-0.4, -0.2) is 25.6 Å². The summed E-state index contributed by atoms with van der Waals surface area (Å²) in [5, 5.41) is 26.0. The van der Waals surface area contributed by atoms with Crippen LogP contribution in [0, 0.1) is 34.1 Å². The Balaban J connectivity index is 1.70. The van der Waals surface area contributed by atoms with E-state index in [1.165, 1.54) is 41.1 Å². The molecule has 0 unspecified atom stereocenters. The van der Waals surface area contributed by atoms with Crippen molar-refractivity contribution in [1.82, 2.24) is 9.78 Å². The molecule has 29 heavy (non-hydrogen) atoms. The van der Waals surface area contributed by atoms with Crippen molar-refractivity contribution in [3.05, 3.63) is 91.3 Å². The van der Waals surface area contributed by atoms with Gasteiger partial charge in [-0.15, -0.1) is 0 Å². The number of ether oxygens (including phenoxy) is 1. The monoisotopic (exact) mass is 396 g/mol. The molecule has 0 bridgehead atoms. The first-order valence-electron chi connectivity index (χ1n) is 8.49. The zero-order chi connectivity index (χ0) is 21.1. The Morgan fingerprint density at radius 1 is 1.00 bits per heavy atom. The summed E-state index contributed by atoms with van der Waals surface area (Å²) < 4.78 is 6.66. The fourth-order valence-corrected chi connectivity index (χ4v) is 2.83. The minimum atomic E-state index is -0.561. The van der Waals surface area contributed by atoms with Crippen molar-refractivity contribution in [2.24, 2.45) is 0 Å². The molecular formula is C19H16N4O6. The Kier molecular flexibility index (Phi) is 5.35. The molecule has 3 rings (SSSR count). The lowest BCUT2D eigenvalue weighted by atomic mass is 10.2. The number of hydrogen-bond acceptors (Lipinski definition) is 7. The summed E-state index contributed by atoms with van der Waals surface area (Å²) >= 11 is 0. The zero-order valence-electron chi connectivity index (χ0n) is 15.6. The summed E-state index contributed by atoms with van der Waals surface area (Å²) in [6, 6.07) is 12.0. The number of benzene rings is 2. The molecule has 148 valence electrons. The SMILES string of the molecule is Cc1nn(-c2ccc(C(=O)OCc3ccc([N+](=O)[O-])cc3)cc2)c(C)c1[N+](=O)[O-]. The van der Waals surface area contributed by atoms with Crippen LogP contribution in [0.5, 0.6) is 0 Å². The highest BCUT2D eigenvalue weighted by Crippen LogP contribution is 2.25. The van der Waals surface area contributed by atoms with Crippen LogP contribution in [0.2, 0.25) is 0 Å². The molecule has 10 nitrogen and oxygen atoms in total. The predicted molar refractivity (Wildman–Crippen MR) is 102 cm³/mol. The number of non-ortho nitro benzene ring substituents is 1. The number of esters is 1. The van der Waals surface area contributed by atoms with Crippen LogP contribution in [0.1, 0.15) is 27.3 Å². The van der Waals surface area contributed by atoms with Crippen LogP contribution in [-0.2, 0) is 11.3 Å². The smallest absolute Gasteiger partial charge is 0.338 e. The van der Waals surface area contributed by atoms with Gasteiger partial charge in [0.1, 0.15) is 18.0 Å². The minimum Gasteiger partial charge on any atom is -0.457 e. The molecule has 0 saturated carbocycles.